The molecule has 1 heterocycles. The predicted octanol–water partition coefficient (Wildman–Crippen LogP) is 4.09. The Morgan fingerprint density at radius 2 is 1.72 bits per heavy atom. The zero-order valence-electron chi connectivity index (χ0n) is 15.8. The number of ketones is 1. The molecule has 1 aliphatic carbocycles. The fourth-order valence-corrected chi connectivity index (χ4v) is 4.34. The second kappa shape index (κ2) is 7.84. The Morgan fingerprint density at radius 3 is 2.38 bits per heavy atom. The lowest BCUT2D eigenvalue weighted by Crippen LogP contribution is -2.41. The van der Waals surface area contributed by atoms with E-state index in [1.165, 1.54) is 42.5 Å². The first-order valence-corrected chi connectivity index (χ1v) is 10.0. The number of hydrogen-bond donors (Lipinski definition) is 1. The molecule has 1 aliphatic heterocycles. The van der Waals surface area contributed by atoms with Crippen LogP contribution in [0.1, 0.15) is 40.0 Å². The summed E-state index contributed by atoms with van der Waals surface area (Å²) >= 11 is 5.83. The van der Waals surface area contributed by atoms with Gasteiger partial charge in [-0.1, -0.05) is 11.6 Å². The number of benzene rings is 2. The highest BCUT2D eigenvalue weighted by molar-refractivity contribution is 6.31. The van der Waals surface area contributed by atoms with E-state index in [4.69, 9.17) is 11.6 Å². The summed E-state index contributed by atoms with van der Waals surface area (Å²) in [5, 5.41) is 3.18. The van der Waals surface area contributed by atoms with Crippen LogP contribution in [0.3, 0.4) is 0 Å². The third-order valence-corrected chi connectivity index (χ3v) is 6.22. The van der Waals surface area contributed by atoms with Crippen molar-refractivity contribution in [3.05, 3.63) is 70.2 Å². The Bertz CT molecular complexity index is 920. The second-order valence-corrected chi connectivity index (χ2v) is 8.39. The van der Waals surface area contributed by atoms with Crippen LogP contribution in [0.25, 0.3) is 0 Å². The Labute approximate surface area is 172 Å². The summed E-state index contributed by atoms with van der Waals surface area (Å²) in [5.41, 5.74) is 0.791. The average Bonchev–Trinajstić information content (AvgIpc) is 3.34. The van der Waals surface area contributed by atoms with Crippen LogP contribution in [0.15, 0.2) is 42.5 Å². The molecule has 0 bridgehead atoms. The van der Waals surface area contributed by atoms with Crippen LogP contribution in [-0.4, -0.2) is 42.3 Å². The molecular weight excluding hydrogens is 398 g/mol. The number of Topliss-reactive ketones (excluding diaryl/α,β-unsaturated/α-hetero) is 1. The number of piperidine rings is 1. The van der Waals surface area contributed by atoms with Gasteiger partial charge in [0.05, 0.1) is 6.54 Å². The molecule has 0 unspecified atom stereocenters. The largest absolute Gasteiger partial charge is 0.349 e. The topological polar surface area (TPSA) is 49.4 Å². The predicted molar refractivity (Wildman–Crippen MR) is 106 cm³/mol. The highest BCUT2D eigenvalue weighted by atomic mass is 35.5. The molecule has 29 heavy (non-hydrogen) atoms. The van der Waals surface area contributed by atoms with E-state index >= 15 is 0 Å². The van der Waals surface area contributed by atoms with Crippen LogP contribution in [0, 0.1) is 17.0 Å². The van der Waals surface area contributed by atoms with E-state index in [9.17, 15) is 18.4 Å². The van der Waals surface area contributed by atoms with Crippen molar-refractivity contribution < 1.29 is 18.4 Å². The summed E-state index contributed by atoms with van der Waals surface area (Å²) in [6, 6.07) is 9.47. The molecule has 1 saturated carbocycles. The molecule has 1 saturated heterocycles. The van der Waals surface area contributed by atoms with Gasteiger partial charge in [0.25, 0.3) is 5.91 Å². The van der Waals surface area contributed by atoms with E-state index in [0.29, 0.717) is 12.1 Å². The Hall–Kier alpha value is -2.31. The maximum Gasteiger partial charge on any atom is 0.251 e. The van der Waals surface area contributed by atoms with E-state index in [1.807, 2.05) is 0 Å². The monoisotopic (exact) mass is 418 g/mol. The molecule has 2 aliphatic rings. The molecule has 0 aromatic heterocycles. The third kappa shape index (κ3) is 4.49. The molecule has 7 heteroatoms. The van der Waals surface area contributed by atoms with E-state index in [1.54, 1.807) is 0 Å². The van der Waals surface area contributed by atoms with Crippen LogP contribution in [-0.2, 0) is 0 Å². The van der Waals surface area contributed by atoms with Gasteiger partial charge in [0.2, 0.25) is 0 Å². The van der Waals surface area contributed by atoms with Crippen molar-refractivity contribution in [3.8, 4) is 0 Å². The molecule has 152 valence electrons. The first-order valence-electron chi connectivity index (χ1n) is 9.63. The van der Waals surface area contributed by atoms with Gasteiger partial charge in [0, 0.05) is 22.2 Å². The molecule has 2 aromatic rings. The van der Waals surface area contributed by atoms with E-state index in [2.05, 4.69) is 10.2 Å². The first-order chi connectivity index (χ1) is 13.8. The minimum atomic E-state index is -0.535. The highest BCUT2D eigenvalue weighted by Gasteiger charge is 2.55. The lowest BCUT2D eigenvalue weighted by atomic mass is 9.92. The van der Waals surface area contributed by atoms with Crippen LogP contribution < -0.4 is 5.32 Å². The molecule has 1 atom stereocenters. The molecular formula is C22H21ClF2N2O2. The van der Waals surface area contributed by atoms with E-state index in [-0.39, 0.29) is 39.6 Å². The van der Waals surface area contributed by atoms with Crippen molar-refractivity contribution in [1.82, 2.24) is 10.2 Å². The lowest BCUT2D eigenvalue weighted by Gasteiger charge is -2.32. The fraction of sp³-hybridized carbons (Fsp3) is 0.364. The van der Waals surface area contributed by atoms with Gasteiger partial charge in [-0.15, -0.1) is 0 Å². The SMILES string of the molecule is O=C(CN1CCC2(CC1)C[C@H]2NC(=O)c1cc(F)cc(Cl)c1)c1ccc(F)cc1. The van der Waals surface area contributed by atoms with Gasteiger partial charge in [-0.05, 0) is 80.2 Å². The molecule has 0 radical (unpaired) electrons. The summed E-state index contributed by atoms with van der Waals surface area (Å²) < 4.78 is 26.5. The smallest absolute Gasteiger partial charge is 0.251 e. The van der Waals surface area contributed by atoms with Crippen LogP contribution in [0.2, 0.25) is 5.02 Å². The van der Waals surface area contributed by atoms with Gasteiger partial charge >= 0.3 is 0 Å². The van der Waals surface area contributed by atoms with Crippen LogP contribution in [0.4, 0.5) is 8.78 Å². The second-order valence-electron chi connectivity index (χ2n) is 7.96. The summed E-state index contributed by atoms with van der Waals surface area (Å²) in [7, 11) is 0. The van der Waals surface area contributed by atoms with Gasteiger partial charge in [-0.3, -0.25) is 14.5 Å². The summed E-state index contributed by atoms with van der Waals surface area (Å²) in [4.78, 5) is 26.9. The zero-order chi connectivity index (χ0) is 20.6. The molecule has 1 amide bonds. The minimum absolute atomic E-state index is 0.0235. The van der Waals surface area contributed by atoms with Crippen LogP contribution in [0.5, 0.6) is 0 Å². The summed E-state index contributed by atoms with van der Waals surface area (Å²) in [5.74, 6) is -1.23. The molecule has 4 rings (SSSR count). The molecule has 2 fully saturated rings. The van der Waals surface area contributed by atoms with Gasteiger partial charge in [0.15, 0.2) is 5.78 Å². The van der Waals surface area contributed by atoms with Crippen molar-refractivity contribution in [1.29, 1.82) is 0 Å². The number of halogens is 3. The fourth-order valence-electron chi connectivity index (χ4n) is 4.12. The average molecular weight is 419 g/mol. The Kier molecular flexibility index (Phi) is 5.40. The maximum absolute atomic E-state index is 13.5. The molecule has 2 aromatic carbocycles. The summed E-state index contributed by atoms with van der Waals surface area (Å²) in [6.07, 6.45) is 2.67. The van der Waals surface area contributed by atoms with Crippen molar-refractivity contribution in [2.75, 3.05) is 19.6 Å². The van der Waals surface area contributed by atoms with Crippen molar-refractivity contribution in [2.24, 2.45) is 5.41 Å². The number of carbonyl (C=O) groups excluding carboxylic acids is 2. The normalized spacial score (nSPS) is 20.4. The van der Waals surface area contributed by atoms with Crippen LogP contribution >= 0.6 is 11.6 Å². The Morgan fingerprint density at radius 1 is 1.03 bits per heavy atom. The lowest BCUT2D eigenvalue weighted by molar-refractivity contribution is 0.0877. The minimum Gasteiger partial charge on any atom is -0.349 e. The maximum atomic E-state index is 13.5. The van der Waals surface area contributed by atoms with Crippen molar-refractivity contribution in [3.63, 3.8) is 0 Å². The number of nitrogens with one attached hydrogen (secondary N) is 1. The molecule has 1 N–H and O–H groups in total. The number of nitrogens with zero attached hydrogens (tertiary/aromatic N) is 1. The van der Waals surface area contributed by atoms with Crippen molar-refractivity contribution in [2.45, 2.75) is 25.3 Å². The Balaban J connectivity index is 1.28. The van der Waals surface area contributed by atoms with Gasteiger partial charge in [-0.25, -0.2) is 8.78 Å². The number of amides is 1. The highest BCUT2D eigenvalue weighted by Crippen LogP contribution is 2.53. The number of rotatable bonds is 5. The van der Waals surface area contributed by atoms with Gasteiger partial charge in [0.1, 0.15) is 11.6 Å². The van der Waals surface area contributed by atoms with E-state index < -0.39 is 5.82 Å². The van der Waals surface area contributed by atoms with Crippen molar-refractivity contribution >= 4 is 23.3 Å². The number of hydrogen-bond acceptors (Lipinski definition) is 3. The zero-order valence-corrected chi connectivity index (χ0v) is 16.5. The van der Waals surface area contributed by atoms with E-state index in [0.717, 1.165) is 32.4 Å². The number of carbonyl (C=O) groups is 2. The summed E-state index contributed by atoms with van der Waals surface area (Å²) in [6.45, 7) is 1.84. The van der Waals surface area contributed by atoms with Gasteiger partial charge in [-0.2, -0.15) is 0 Å². The quantitative estimate of drug-likeness (QED) is 0.744. The standard InChI is InChI=1S/C22H21ClF2N2O2/c23-16-9-15(10-18(25)11-16)21(29)26-20-12-22(20)5-7-27(8-6-22)13-19(28)14-1-3-17(24)4-2-14/h1-4,9-11,20H,5-8,12-13H2,(H,26,29)/t20-/m1/s1. The number of likely N-dealkylation sites (tertiary alicyclic amines) is 1. The third-order valence-electron chi connectivity index (χ3n) is 6.01. The molecule has 4 nitrogen and oxygen atoms in total. The van der Waals surface area contributed by atoms with Gasteiger partial charge < -0.3 is 5.32 Å². The molecule has 1 spiro atoms. The first kappa shape index (κ1) is 20.0.